The molecule has 0 aliphatic heterocycles. The Labute approximate surface area is 136 Å². The van der Waals surface area contributed by atoms with Crippen LogP contribution in [0.2, 0.25) is 0 Å². The van der Waals surface area contributed by atoms with Crippen LogP contribution in [0.15, 0.2) is 70.3 Å². The minimum Gasteiger partial charge on any atom is -0.264 e. The quantitative estimate of drug-likeness (QED) is 0.491. The van der Waals surface area contributed by atoms with E-state index in [1.54, 1.807) is 28.9 Å². The molecule has 0 saturated carbocycles. The first-order valence-corrected chi connectivity index (χ1v) is 8.76. The Kier molecular flexibility index (Phi) is 3.54. The largest absolute Gasteiger partial charge is 0.264 e. The van der Waals surface area contributed by atoms with Gasteiger partial charge in [0.25, 0.3) is 0 Å². The highest BCUT2D eigenvalue weighted by molar-refractivity contribution is 7.08. The molecule has 4 heterocycles. The van der Waals surface area contributed by atoms with Crippen molar-refractivity contribution in [2.24, 2.45) is 0 Å². The molecule has 0 saturated heterocycles. The first kappa shape index (κ1) is 13.4. The van der Waals surface area contributed by atoms with Crippen molar-refractivity contribution < 1.29 is 0 Å². The van der Waals surface area contributed by atoms with Crippen molar-refractivity contribution in [2.75, 3.05) is 0 Å². The van der Waals surface area contributed by atoms with Gasteiger partial charge in [-0.25, -0.2) is 4.98 Å². The van der Waals surface area contributed by atoms with E-state index in [-0.39, 0.29) is 0 Å². The summed E-state index contributed by atoms with van der Waals surface area (Å²) in [5.41, 5.74) is 6.58. The molecule has 0 spiro atoms. The monoisotopic (exact) mass is 320 g/mol. The molecular weight excluding hydrogens is 308 g/mol. The summed E-state index contributed by atoms with van der Waals surface area (Å²) in [5, 5.41) is 8.43. The summed E-state index contributed by atoms with van der Waals surface area (Å²) in [6.45, 7) is 0. The van der Waals surface area contributed by atoms with Crippen molar-refractivity contribution in [3.63, 3.8) is 0 Å². The average molecular weight is 320 g/mol. The molecule has 0 radical (unpaired) electrons. The van der Waals surface area contributed by atoms with Gasteiger partial charge in [-0.15, -0.1) is 0 Å². The number of hydrogen-bond acceptors (Lipinski definition) is 4. The molecule has 4 aromatic heterocycles. The standard InChI is InChI=1S/C18H12N2S2/c1-2-13(10-19-5-1)16-8-17(14-3-6-21-11-14)20-18(9-16)15-4-7-22-12-15/h1-12H. The average Bonchev–Trinajstić information content (AvgIpc) is 3.29. The lowest BCUT2D eigenvalue weighted by Crippen LogP contribution is -1.89. The van der Waals surface area contributed by atoms with E-state index >= 15 is 0 Å². The van der Waals surface area contributed by atoms with Gasteiger partial charge in [0.05, 0.1) is 11.4 Å². The molecule has 0 aliphatic carbocycles. The van der Waals surface area contributed by atoms with Gasteiger partial charge in [0.1, 0.15) is 0 Å². The minimum atomic E-state index is 1.00. The van der Waals surface area contributed by atoms with Crippen LogP contribution in [0.1, 0.15) is 0 Å². The van der Waals surface area contributed by atoms with Crippen LogP contribution in [0.3, 0.4) is 0 Å². The summed E-state index contributed by atoms with van der Waals surface area (Å²) >= 11 is 3.38. The Balaban J connectivity index is 1.91. The lowest BCUT2D eigenvalue weighted by molar-refractivity contribution is 1.31. The van der Waals surface area contributed by atoms with E-state index in [0.29, 0.717) is 0 Å². The number of pyridine rings is 2. The predicted molar refractivity (Wildman–Crippen MR) is 94.1 cm³/mol. The molecule has 0 unspecified atom stereocenters. The minimum absolute atomic E-state index is 1.00. The van der Waals surface area contributed by atoms with Crippen molar-refractivity contribution >= 4 is 22.7 Å². The zero-order valence-corrected chi connectivity index (χ0v) is 13.3. The summed E-state index contributed by atoms with van der Waals surface area (Å²) in [6.07, 6.45) is 3.69. The number of rotatable bonds is 3. The van der Waals surface area contributed by atoms with Gasteiger partial charge in [0, 0.05) is 39.8 Å². The van der Waals surface area contributed by atoms with Gasteiger partial charge in [-0.2, -0.15) is 22.7 Å². The predicted octanol–water partition coefficient (Wildman–Crippen LogP) is 5.60. The number of hydrogen-bond donors (Lipinski definition) is 0. The maximum absolute atomic E-state index is 4.84. The second-order valence-electron chi connectivity index (χ2n) is 4.89. The van der Waals surface area contributed by atoms with Crippen LogP contribution < -0.4 is 0 Å². The SMILES string of the molecule is c1cncc(-c2cc(-c3ccsc3)nc(-c3ccsc3)c2)c1. The normalized spacial score (nSPS) is 10.7. The molecule has 22 heavy (non-hydrogen) atoms. The number of nitrogens with zero attached hydrogens (tertiary/aromatic N) is 2. The van der Waals surface area contributed by atoms with Crippen LogP contribution in [-0.4, -0.2) is 9.97 Å². The second kappa shape index (κ2) is 5.83. The first-order valence-electron chi connectivity index (χ1n) is 6.88. The first-order chi connectivity index (χ1) is 10.9. The fourth-order valence-corrected chi connectivity index (χ4v) is 3.65. The highest BCUT2D eigenvalue weighted by atomic mass is 32.1. The Bertz CT molecular complexity index is 814. The molecule has 0 amide bonds. The highest BCUT2D eigenvalue weighted by Crippen LogP contribution is 2.31. The molecule has 106 valence electrons. The van der Waals surface area contributed by atoms with Gasteiger partial charge in [-0.3, -0.25) is 4.98 Å². The van der Waals surface area contributed by atoms with E-state index < -0.39 is 0 Å². The number of aromatic nitrogens is 2. The second-order valence-corrected chi connectivity index (χ2v) is 6.45. The van der Waals surface area contributed by atoms with E-state index in [4.69, 9.17) is 4.98 Å². The van der Waals surface area contributed by atoms with E-state index in [9.17, 15) is 0 Å². The molecule has 0 aliphatic rings. The summed E-state index contributed by atoms with van der Waals surface area (Å²) < 4.78 is 0. The maximum atomic E-state index is 4.84. The zero-order valence-electron chi connectivity index (χ0n) is 11.6. The van der Waals surface area contributed by atoms with Crippen LogP contribution in [0.25, 0.3) is 33.6 Å². The molecule has 0 atom stereocenters. The Morgan fingerprint density at radius 1 is 0.727 bits per heavy atom. The van der Waals surface area contributed by atoms with Gasteiger partial charge in [-0.05, 0) is 46.7 Å². The van der Waals surface area contributed by atoms with Gasteiger partial charge < -0.3 is 0 Å². The molecule has 4 aromatic rings. The van der Waals surface area contributed by atoms with E-state index in [1.807, 2.05) is 12.3 Å². The Morgan fingerprint density at radius 3 is 1.91 bits per heavy atom. The van der Waals surface area contributed by atoms with Crippen molar-refractivity contribution in [3.8, 4) is 33.6 Å². The molecular formula is C18H12N2S2. The summed E-state index contributed by atoms with van der Waals surface area (Å²) in [4.78, 5) is 9.07. The molecule has 0 aromatic carbocycles. The molecule has 4 rings (SSSR count). The number of thiophene rings is 2. The van der Waals surface area contributed by atoms with Crippen molar-refractivity contribution in [2.45, 2.75) is 0 Å². The Morgan fingerprint density at radius 2 is 1.41 bits per heavy atom. The van der Waals surface area contributed by atoms with Gasteiger partial charge in [0.15, 0.2) is 0 Å². The van der Waals surface area contributed by atoms with Gasteiger partial charge >= 0.3 is 0 Å². The van der Waals surface area contributed by atoms with Crippen LogP contribution in [0.5, 0.6) is 0 Å². The third-order valence-electron chi connectivity index (χ3n) is 3.45. The molecule has 0 bridgehead atoms. The fraction of sp³-hybridized carbons (Fsp3) is 0. The molecule has 0 fully saturated rings. The third kappa shape index (κ3) is 2.58. The van der Waals surface area contributed by atoms with Crippen LogP contribution in [0, 0.1) is 0 Å². The van der Waals surface area contributed by atoms with Gasteiger partial charge in [0.2, 0.25) is 0 Å². The van der Waals surface area contributed by atoms with Crippen molar-refractivity contribution in [1.29, 1.82) is 0 Å². The van der Waals surface area contributed by atoms with Crippen molar-refractivity contribution in [1.82, 2.24) is 9.97 Å². The lowest BCUT2D eigenvalue weighted by atomic mass is 10.0. The lowest BCUT2D eigenvalue weighted by Gasteiger charge is -2.08. The molecule has 4 heteroatoms. The van der Waals surface area contributed by atoms with Crippen LogP contribution in [-0.2, 0) is 0 Å². The maximum Gasteiger partial charge on any atom is 0.0724 e. The smallest absolute Gasteiger partial charge is 0.0724 e. The zero-order chi connectivity index (χ0) is 14.8. The van der Waals surface area contributed by atoms with E-state index in [0.717, 1.165) is 33.6 Å². The summed E-state index contributed by atoms with van der Waals surface area (Å²) in [5.74, 6) is 0. The van der Waals surface area contributed by atoms with Crippen LogP contribution >= 0.6 is 22.7 Å². The van der Waals surface area contributed by atoms with E-state index in [2.05, 4.69) is 56.8 Å². The highest BCUT2D eigenvalue weighted by Gasteiger charge is 2.09. The summed E-state index contributed by atoms with van der Waals surface area (Å²) in [7, 11) is 0. The van der Waals surface area contributed by atoms with Crippen LogP contribution in [0.4, 0.5) is 0 Å². The Hall–Kier alpha value is -2.30. The molecule has 0 N–H and O–H groups in total. The topological polar surface area (TPSA) is 25.8 Å². The molecule has 2 nitrogen and oxygen atoms in total. The summed E-state index contributed by atoms with van der Waals surface area (Å²) in [6, 6.07) is 12.5. The fourth-order valence-electron chi connectivity index (χ4n) is 2.35. The van der Waals surface area contributed by atoms with Crippen molar-refractivity contribution in [3.05, 3.63) is 70.3 Å². The van der Waals surface area contributed by atoms with Gasteiger partial charge in [-0.1, -0.05) is 6.07 Å². The third-order valence-corrected chi connectivity index (χ3v) is 4.82. The van der Waals surface area contributed by atoms with E-state index in [1.165, 1.54) is 0 Å².